The van der Waals surface area contributed by atoms with Crippen molar-refractivity contribution in [2.24, 2.45) is 0 Å². The van der Waals surface area contributed by atoms with Gasteiger partial charge in [-0.2, -0.15) is 0 Å². The quantitative estimate of drug-likeness (QED) is 0.756. The van der Waals surface area contributed by atoms with Gasteiger partial charge in [0.05, 0.1) is 0 Å². The predicted octanol–water partition coefficient (Wildman–Crippen LogP) is 3.09. The van der Waals surface area contributed by atoms with Crippen molar-refractivity contribution in [3.05, 3.63) is 35.7 Å². The number of rotatable bonds is 2. The summed E-state index contributed by atoms with van der Waals surface area (Å²) in [4.78, 5) is 7.73. The molecule has 0 radical (unpaired) electrons. The van der Waals surface area contributed by atoms with Crippen LogP contribution in [0.25, 0.3) is 11.4 Å². The number of aromatic nitrogens is 2. The first-order valence-corrected chi connectivity index (χ1v) is 5.50. The Labute approximate surface area is 95.7 Å². The molecule has 0 aliphatic heterocycles. The van der Waals surface area contributed by atoms with Crippen LogP contribution in [0.2, 0.25) is 0 Å². The molecule has 0 aliphatic carbocycles. The van der Waals surface area contributed by atoms with Crippen LogP contribution in [-0.2, 0) is 0 Å². The molecule has 3 N–H and O–H groups in total. The fourth-order valence-electron chi connectivity index (χ4n) is 1.68. The Morgan fingerprint density at radius 1 is 1.31 bits per heavy atom. The normalized spacial score (nSPS) is 11.0. The second-order valence-corrected chi connectivity index (χ2v) is 4.36. The van der Waals surface area contributed by atoms with Crippen molar-refractivity contribution in [1.29, 1.82) is 0 Å². The van der Waals surface area contributed by atoms with Gasteiger partial charge in [-0.15, -0.1) is 0 Å². The molecule has 1 aromatic heterocycles. The molecule has 0 saturated heterocycles. The SMILES string of the molecule is Cc1c(N)cccc1-c1ncc(C(C)C)[nH]1. The number of H-pyrrole nitrogens is 1. The molecule has 0 bridgehead atoms. The lowest BCUT2D eigenvalue weighted by Gasteiger charge is -2.05. The summed E-state index contributed by atoms with van der Waals surface area (Å²) in [6, 6.07) is 5.90. The average Bonchev–Trinajstić information content (AvgIpc) is 2.71. The number of nitrogens with one attached hydrogen (secondary N) is 1. The summed E-state index contributed by atoms with van der Waals surface area (Å²) in [7, 11) is 0. The molecule has 3 nitrogen and oxygen atoms in total. The molecule has 0 unspecified atom stereocenters. The second kappa shape index (κ2) is 4.00. The summed E-state index contributed by atoms with van der Waals surface area (Å²) in [5, 5.41) is 0. The van der Waals surface area contributed by atoms with Gasteiger partial charge in [0, 0.05) is 23.1 Å². The summed E-state index contributed by atoms with van der Waals surface area (Å²) >= 11 is 0. The smallest absolute Gasteiger partial charge is 0.137 e. The number of nitrogens with zero attached hydrogens (tertiary/aromatic N) is 1. The fourth-order valence-corrected chi connectivity index (χ4v) is 1.68. The predicted molar refractivity (Wildman–Crippen MR) is 67.3 cm³/mol. The van der Waals surface area contributed by atoms with Gasteiger partial charge in [-0.3, -0.25) is 0 Å². The van der Waals surface area contributed by atoms with E-state index in [0.29, 0.717) is 5.92 Å². The van der Waals surface area contributed by atoms with E-state index in [4.69, 9.17) is 5.73 Å². The minimum absolute atomic E-state index is 0.461. The van der Waals surface area contributed by atoms with Crippen molar-refractivity contribution in [2.45, 2.75) is 26.7 Å². The van der Waals surface area contributed by atoms with E-state index in [-0.39, 0.29) is 0 Å². The lowest BCUT2D eigenvalue weighted by atomic mass is 10.1. The number of nitrogen functional groups attached to an aromatic ring is 1. The van der Waals surface area contributed by atoms with Crippen molar-refractivity contribution in [3.8, 4) is 11.4 Å². The zero-order chi connectivity index (χ0) is 11.7. The molecule has 0 atom stereocenters. The van der Waals surface area contributed by atoms with E-state index in [0.717, 1.165) is 28.3 Å². The Hall–Kier alpha value is -1.77. The lowest BCUT2D eigenvalue weighted by Crippen LogP contribution is -1.93. The second-order valence-electron chi connectivity index (χ2n) is 4.36. The van der Waals surface area contributed by atoms with Crippen molar-refractivity contribution in [2.75, 3.05) is 5.73 Å². The monoisotopic (exact) mass is 215 g/mol. The van der Waals surface area contributed by atoms with E-state index in [1.165, 1.54) is 0 Å². The highest BCUT2D eigenvalue weighted by molar-refractivity contribution is 5.67. The van der Waals surface area contributed by atoms with Gasteiger partial charge in [-0.25, -0.2) is 4.98 Å². The molecule has 0 spiro atoms. The fraction of sp³-hybridized carbons (Fsp3) is 0.308. The van der Waals surface area contributed by atoms with Gasteiger partial charge in [-0.1, -0.05) is 26.0 Å². The van der Waals surface area contributed by atoms with Crippen molar-refractivity contribution in [3.63, 3.8) is 0 Å². The molecule has 0 saturated carbocycles. The van der Waals surface area contributed by atoms with E-state index in [9.17, 15) is 0 Å². The zero-order valence-corrected chi connectivity index (χ0v) is 9.91. The van der Waals surface area contributed by atoms with Crippen LogP contribution in [0.5, 0.6) is 0 Å². The first-order chi connectivity index (χ1) is 7.59. The number of hydrogen-bond donors (Lipinski definition) is 2. The van der Waals surface area contributed by atoms with Gasteiger partial charge >= 0.3 is 0 Å². The topological polar surface area (TPSA) is 54.7 Å². The molecular weight excluding hydrogens is 198 g/mol. The van der Waals surface area contributed by atoms with Gasteiger partial charge in [0.25, 0.3) is 0 Å². The maximum absolute atomic E-state index is 5.88. The summed E-state index contributed by atoms with van der Waals surface area (Å²) in [6.07, 6.45) is 1.89. The number of nitrogens with two attached hydrogens (primary N) is 1. The largest absolute Gasteiger partial charge is 0.398 e. The molecular formula is C13H17N3. The lowest BCUT2D eigenvalue weighted by molar-refractivity contribution is 0.833. The Morgan fingerprint density at radius 3 is 2.69 bits per heavy atom. The highest BCUT2D eigenvalue weighted by atomic mass is 14.9. The number of aromatic amines is 1. The highest BCUT2D eigenvalue weighted by Gasteiger charge is 2.09. The van der Waals surface area contributed by atoms with Crippen molar-refractivity contribution < 1.29 is 0 Å². The molecule has 0 aliphatic rings. The van der Waals surface area contributed by atoms with Gasteiger partial charge in [-0.05, 0) is 24.5 Å². The first-order valence-electron chi connectivity index (χ1n) is 5.50. The van der Waals surface area contributed by atoms with Crippen LogP contribution in [0.3, 0.4) is 0 Å². The van der Waals surface area contributed by atoms with E-state index in [1.807, 2.05) is 31.3 Å². The Balaban J connectivity index is 2.47. The van der Waals surface area contributed by atoms with Gasteiger partial charge in [0.2, 0.25) is 0 Å². The van der Waals surface area contributed by atoms with Crippen molar-refractivity contribution >= 4 is 5.69 Å². The number of benzene rings is 1. The van der Waals surface area contributed by atoms with E-state index >= 15 is 0 Å². The van der Waals surface area contributed by atoms with E-state index in [1.54, 1.807) is 0 Å². The van der Waals surface area contributed by atoms with E-state index in [2.05, 4.69) is 23.8 Å². The third-order valence-electron chi connectivity index (χ3n) is 2.85. The molecule has 84 valence electrons. The van der Waals surface area contributed by atoms with Crippen LogP contribution in [0.1, 0.15) is 31.0 Å². The molecule has 16 heavy (non-hydrogen) atoms. The molecule has 1 aromatic carbocycles. The van der Waals surface area contributed by atoms with Crippen LogP contribution >= 0.6 is 0 Å². The summed E-state index contributed by atoms with van der Waals surface area (Å²) in [5.74, 6) is 1.36. The molecule has 3 heteroatoms. The summed E-state index contributed by atoms with van der Waals surface area (Å²) in [6.45, 7) is 6.30. The average molecular weight is 215 g/mol. The van der Waals surface area contributed by atoms with Crippen LogP contribution in [0, 0.1) is 6.92 Å². The first kappa shape index (κ1) is 10.7. The minimum atomic E-state index is 0.461. The number of imidazole rings is 1. The van der Waals surface area contributed by atoms with Gasteiger partial charge in [0.1, 0.15) is 5.82 Å². The number of hydrogen-bond acceptors (Lipinski definition) is 2. The van der Waals surface area contributed by atoms with Gasteiger partial charge in [0.15, 0.2) is 0 Å². The Kier molecular flexibility index (Phi) is 2.69. The van der Waals surface area contributed by atoms with Crippen LogP contribution in [0.4, 0.5) is 5.69 Å². The molecule has 2 aromatic rings. The Bertz CT molecular complexity index is 498. The van der Waals surface area contributed by atoms with Crippen LogP contribution < -0.4 is 5.73 Å². The van der Waals surface area contributed by atoms with E-state index < -0.39 is 0 Å². The molecule has 0 fully saturated rings. The highest BCUT2D eigenvalue weighted by Crippen LogP contribution is 2.25. The third-order valence-corrected chi connectivity index (χ3v) is 2.85. The molecule has 2 rings (SSSR count). The standard InChI is InChI=1S/C13H17N3/c1-8(2)12-7-15-13(16-12)10-5-4-6-11(14)9(10)3/h4-8H,14H2,1-3H3,(H,15,16). The third kappa shape index (κ3) is 1.81. The van der Waals surface area contributed by atoms with Crippen molar-refractivity contribution in [1.82, 2.24) is 9.97 Å². The maximum Gasteiger partial charge on any atom is 0.137 e. The number of anilines is 1. The maximum atomic E-state index is 5.88. The summed E-state index contributed by atoms with van der Waals surface area (Å²) < 4.78 is 0. The Morgan fingerprint density at radius 2 is 2.06 bits per heavy atom. The zero-order valence-electron chi connectivity index (χ0n) is 9.91. The van der Waals surface area contributed by atoms with Gasteiger partial charge < -0.3 is 10.7 Å². The van der Waals surface area contributed by atoms with Crippen LogP contribution in [-0.4, -0.2) is 9.97 Å². The van der Waals surface area contributed by atoms with Crippen LogP contribution in [0.15, 0.2) is 24.4 Å². The minimum Gasteiger partial charge on any atom is -0.398 e. The molecule has 0 amide bonds. The summed E-state index contributed by atoms with van der Waals surface area (Å²) in [5.41, 5.74) is 9.99. The molecule has 1 heterocycles.